The molecule has 3 aromatic rings. The summed E-state index contributed by atoms with van der Waals surface area (Å²) in [5, 5.41) is 11.2. The van der Waals surface area contributed by atoms with Crippen molar-refractivity contribution < 1.29 is 4.42 Å². The van der Waals surface area contributed by atoms with Crippen LogP contribution in [0.3, 0.4) is 0 Å². The minimum Gasteiger partial charge on any atom is -0.461 e. The molecule has 3 aromatic heterocycles. The summed E-state index contributed by atoms with van der Waals surface area (Å²) in [5.41, 5.74) is 7.55. The second-order valence-electron chi connectivity index (χ2n) is 4.05. The van der Waals surface area contributed by atoms with Gasteiger partial charge in [-0.15, -0.1) is 22.7 Å². The van der Waals surface area contributed by atoms with Crippen LogP contribution in [0.15, 0.2) is 34.1 Å². The molecule has 2 N–H and O–H groups in total. The monoisotopic (exact) mass is 286 g/mol. The van der Waals surface area contributed by atoms with E-state index in [0.717, 1.165) is 26.8 Å². The number of rotatable bonds is 2. The molecule has 0 saturated heterocycles. The first-order valence-corrected chi connectivity index (χ1v) is 7.33. The Balaban J connectivity index is 2.27. The summed E-state index contributed by atoms with van der Waals surface area (Å²) in [7, 11) is 0. The lowest BCUT2D eigenvalue weighted by Crippen LogP contribution is -1.87. The zero-order valence-electron chi connectivity index (χ0n) is 10.1. The topological polar surface area (TPSA) is 63.0 Å². The van der Waals surface area contributed by atoms with E-state index in [1.165, 1.54) is 11.3 Å². The number of nitrogen functional groups attached to an aromatic ring is 1. The number of nitrogens with zero attached hydrogens (tertiary/aromatic N) is 1. The zero-order valence-corrected chi connectivity index (χ0v) is 11.8. The van der Waals surface area contributed by atoms with E-state index in [9.17, 15) is 0 Å². The van der Waals surface area contributed by atoms with Crippen molar-refractivity contribution >= 4 is 28.4 Å². The van der Waals surface area contributed by atoms with Gasteiger partial charge in [-0.1, -0.05) is 6.07 Å². The van der Waals surface area contributed by atoms with Crippen molar-refractivity contribution in [3.63, 3.8) is 0 Å². The summed E-state index contributed by atoms with van der Waals surface area (Å²) in [6.07, 6.45) is 0. The molecule has 0 saturated carbocycles. The third-order valence-corrected chi connectivity index (χ3v) is 4.79. The van der Waals surface area contributed by atoms with Crippen molar-refractivity contribution in [1.82, 2.24) is 0 Å². The first-order chi connectivity index (χ1) is 9.20. The second kappa shape index (κ2) is 4.57. The van der Waals surface area contributed by atoms with Crippen LogP contribution in [0.5, 0.6) is 0 Å². The molecule has 94 valence electrons. The first kappa shape index (κ1) is 12.0. The molecule has 0 fully saturated rings. The van der Waals surface area contributed by atoms with Crippen LogP contribution < -0.4 is 5.73 Å². The van der Waals surface area contributed by atoms with Crippen LogP contribution in [0.1, 0.15) is 10.6 Å². The van der Waals surface area contributed by atoms with Gasteiger partial charge in [0.15, 0.2) is 0 Å². The molecule has 0 aliphatic carbocycles. The summed E-state index contributed by atoms with van der Waals surface area (Å²) in [4.78, 5) is 2.51. The Morgan fingerprint density at radius 1 is 1.32 bits per heavy atom. The molecule has 0 spiro atoms. The van der Waals surface area contributed by atoms with Crippen LogP contribution in [-0.4, -0.2) is 0 Å². The van der Waals surface area contributed by atoms with E-state index in [0.29, 0.717) is 10.6 Å². The molecular formula is C14H10N2OS2. The number of furan rings is 1. The van der Waals surface area contributed by atoms with Crippen molar-refractivity contribution in [1.29, 1.82) is 5.26 Å². The lowest BCUT2D eigenvalue weighted by molar-refractivity contribution is 0.550. The van der Waals surface area contributed by atoms with E-state index in [1.54, 1.807) is 11.3 Å². The van der Waals surface area contributed by atoms with Gasteiger partial charge in [-0.2, -0.15) is 5.26 Å². The Hall–Kier alpha value is -2.03. The van der Waals surface area contributed by atoms with Gasteiger partial charge in [-0.05, 0) is 30.5 Å². The van der Waals surface area contributed by atoms with Gasteiger partial charge in [0.1, 0.15) is 22.5 Å². The summed E-state index contributed by atoms with van der Waals surface area (Å²) >= 11 is 2.98. The molecule has 0 unspecified atom stereocenters. The second-order valence-corrected chi connectivity index (χ2v) is 6.02. The van der Waals surface area contributed by atoms with Crippen LogP contribution in [0.25, 0.3) is 21.1 Å². The number of thiophene rings is 2. The van der Waals surface area contributed by atoms with Crippen molar-refractivity contribution in [2.75, 3.05) is 5.73 Å². The highest BCUT2D eigenvalue weighted by atomic mass is 32.1. The van der Waals surface area contributed by atoms with Crippen molar-refractivity contribution in [2.24, 2.45) is 0 Å². The van der Waals surface area contributed by atoms with Gasteiger partial charge in [0, 0.05) is 10.4 Å². The predicted octanol–water partition coefficient (Wildman–Crippen LogP) is 4.50. The predicted molar refractivity (Wildman–Crippen MR) is 79.2 cm³/mol. The summed E-state index contributed by atoms with van der Waals surface area (Å²) in [6.45, 7) is 1.90. The van der Waals surface area contributed by atoms with Gasteiger partial charge < -0.3 is 10.2 Å². The van der Waals surface area contributed by atoms with Gasteiger partial charge in [0.05, 0.1) is 10.6 Å². The van der Waals surface area contributed by atoms with E-state index in [1.807, 2.05) is 36.6 Å². The normalized spacial score (nSPS) is 10.5. The van der Waals surface area contributed by atoms with Crippen LogP contribution in [0, 0.1) is 18.3 Å². The number of aryl methyl sites for hydroxylation is 1. The molecule has 3 nitrogen and oxygen atoms in total. The van der Waals surface area contributed by atoms with E-state index >= 15 is 0 Å². The average Bonchev–Trinajstić information content (AvgIpc) is 3.08. The standard InChI is InChI=1S/C14H10N2OS2/c1-8-4-5-9(17-8)14-12(10-3-2-6-18-10)13(16)11(7-15)19-14/h2-6H,16H2,1H3. The van der Waals surface area contributed by atoms with E-state index in [4.69, 9.17) is 15.4 Å². The number of nitrogens with two attached hydrogens (primary N) is 1. The lowest BCUT2D eigenvalue weighted by Gasteiger charge is -2.00. The number of hydrogen-bond acceptors (Lipinski definition) is 5. The molecule has 0 radical (unpaired) electrons. The largest absolute Gasteiger partial charge is 0.461 e. The van der Waals surface area contributed by atoms with Crippen LogP contribution in [0.2, 0.25) is 0 Å². The fraction of sp³-hybridized carbons (Fsp3) is 0.0714. The van der Waals surface area contributed by atoms with Crippen molar-refractivity contribution in [3.8, 4) is 27.1 Å². The first-order valence-electron chi connectivity index (χ1n) is 5.63. The third-order valence-electron chi connectivity index (χ3n) is 2.78. The van der Waals surface area contributed by atoms with Crippen LogP contribution in [-0.2, 0) is 0 Å². The Kier molecular flexibility index (Phi) is 2.90. The van der Waals surface area contributed by atoms with Gasteiger partial charge in [0.25, 0.3) is 0 Å². The van der Waals surface area contributed by atoms with E-state index < -0.39 is 0 Å². The number of hydrogen-bond donors (Lipinski definition) is 1. The van der Waals surface area contributed by atoms with E-state index in [2.05, 4.69) is 6.07 Å². The molecule has 0 aliphatic heterocycles. The molecule has 0 aliphatic rings. The summed E-state index contributed by atoms with van der Waals surface area (Å²) in [5.74, 6) is 1.61. The Morgan fingerprint density at radius 3 is 2.74 bits per heavy atom. The van der Waals surface area contributed by atoms with Crippen LogP contribution >= 0.6 is 22.7 Å². The Morgan fingerprint density at radius 2 is 2.16 bits per heavy atom. The van der Waals surface area contributed by atoms with Crippen molar-refractivity contribution in [2.45, 2.75) is 6.92 Å². The Labute approximate surface area is 118 Å². The molecule has 3 heterocycles. The maximum absolute atomic E-state index is 9.16. The SMILES string of the molecule is Cc1ccc(-c2sc(C#N)c(N)c2-c2cccs2)o1. The van der Waals surface area contributed by atoms with Gasteiger partial charge >= 0.3 is 0 Å². The zero-order chi connectivity index (χ0) is 13.4. The highest BCUT2D eigenvalue weighted by Gasteiger charge is 2.21. The fourth-order valence-corrected chi connectivity index (χ4v) is 3.77. The molecular weight excluding hydrogens is 276 g/mol. The molecule has 3 rings (SSSR count). The number of nitriles is 1. The average molecular weight is 286 g/mol. The van der Waals surface area contributed by atoms with Gasteiger partial charge in [0.2, 0.25) is 0 Å². The van der Waals surface area contributed by atoms with Gasteiger partial charge in [-0.3, -0.25) is 0 Å². The molecule has 19 heavy (non-hydrogen) atoms. The minimum atomic E-state index is 0.535. The third kappa shape index (κ3) is 1.95. The van der Waals surface area contributed by atoms with Gasteiger partial charge in [-0.25, -0.2) is 0 Å². The Bertz CT molecular complexity index is 760. The van der Waals surface area contributed by atoms with Crippen LogP contribution in [0.4, 0.5) is 5.69 Å². The maximum atomic E-state index is 9.16. The van der Waals surface area contributed by atoms with E-state index in [-0.39, 0.29) is 0 Å². The summed E-state index contributed by atoms with van der Waals surface area (Å²) < 4.78 is 5.67. The molecule has 0 atom stereocenters. The summed E-state index contributed by atoms with van der Waals surface area (Å²) in [6, 6.07) is 9.95. The quantitative estimate of drug-likeness (QED) is 0.754. The highest BCUT2D eigenvalue weighted by molar-refractivity contribution is 7.18. The highest BCUT2D eigenvalue weighted by Crippen LogP contribution is 2.46. The molecule has 0 bridgehead atoms. The molecule has 0 aromatic carbocycles. The molecule has 0 amide bonds. The lowest BCUT2D eigenvalue weighted by atomic mass is 10.1. The molecule has 5 heteroatoms. The fourth-order valence-electron chi connectivity index (χ4n) is 1.92. The minimum absolute atomic E-state index is 0.535. The van der Waals surface area contributed by atoms with Crippen molar-refractivity contribution in [3.05, 3.63) is 40.3 Å². The smallest absolute Gasteiger partial charge is 0.144 e. The maximum Gasteiger partial charge on any atom is 0.144 e. The number of anilines is 1.